The van der Waals surface area contributed by atoms with E-state index in [1.807, 2.05) is 39.8 Å². The summed E-state index contributed by atoms with van der Waals surface area (Å²) in [5, 5.41) is 11.4. The van der Waals surface area contributed by atoms with Crippen molar-refractivity contribution >= 4 is 5.69 Å². The van der Waals surface area contributed by atoms with Gasteiger partial charge in [0.05, 0.1) is 0 Å². The topological polar surface area (TPSA) is 32.3 Å². The minimum Gasteiger partial charge on any atom is -0.377 e. The van der Waals surface area contributed by atoms with Crippen molar-refractivity contribution in [1.82, 2.24) is 0 Å². The Labute approximate surface area is 101 Å². The molecule has 0 aliphatic heterocycles. The summed E-state index contributed by atoms with van der Waals surface area (Å²) in [6.07, 6.45) is 0. The van der Waals surface area contributed by atoms with E-state index in [4.69, 9.17) is 5.11 Å². The molecule has 0 atom stereocenters. The summed E-state index contributed by atoms with van der Waals surface area (Å²) in [5.74, 6) is 0.563. The largest absolute Gasteiger partial charge is 0.377 e. The molecular weight excluding hydrogens is 198 g/mol. The second-order valence-electron chi connectivity index (χ2n) is 3.11. The second kappa shape index (κ2) is 12.1. The van der Waals surface area contributed by atoms with Gasteiger partial charge in [0.1, 0.15) is 6.73 Å². The fourth-order valence-electron chi connectivity index (χ4n) is 1.08. The van der Waals surface area contributed by atoms with Crippen LogP contribution in [0.1, 0.15) is 53.0 Å². The highest BCUT2D eigenvalue weighted by molar-refractivity contribution is 5.44. The van der Waals surface area contributed by atoms with Crippen LogP contribution in [0.3, 0.4) is 0 Å². The molecule has 0 heterocycles. The molecule has 0 unspecified atom stereocenters. The molecule has 2 heteroatoms. The zero-order chi connectivity index (χ0) is 13.0. The van der Waals surface area contributed by atoms with Crippen molar-refractivity contribution in [2.75, 3.05) is 12.0 Å². The first-order valence-electron chi connectivity index (χ1n) is 6.18. The van der Waals surface area contributed by atoms with Crippen molar-refractivity contribution < 1.29 is 5.11 Å². The summed E-state index contributed by atoms with van der Waals surface area (Å²) in [4.78, 5) is 0. The molecule has 1 aromatic rings. The fourth-order valence-corrected chi connectivity index (χ4v) is 1.08. The van der Waals surface area contributed by atoms with Crippen LogP contribution in [0.2, 0.25) is 0 Å². The van der Waals surface area contributed by atoms with E-state index >= 15 is 0 Å². The highest BCUT2D eigenvalue weighted by Crippen LogP contribution is 2.16. The van der Waals surface area contributed by atoms with Gasteiger partial charge in [0.2, 0.25) is 0 Å². The summed E-state index contributed by atoms with van der Waals surface area (Å²) in [7, 11) is 0. The van der Waals surface area contributed by atoms with Crippen LogP contribution in [-0.4, -0.2) is 11.8 Å². The molecule has 0 saturated heterocycles. The van der Waals surface area contributed by atoms with Crippen LogP contribution in [0.25, 0.3) is 0 Å². The van der Waals surface area contributed by atoms with Gasteiger partial charge < -0.3 is 10.4 Å². The van der Waals surface area contributed by atoms with Crippen molar-refractivity contribution in [2.45, 2.75) is 47.5 Å². The number of hydrogen-bond donors (Lipinski definition) is 2. The van der Waals surface area contributed by atoms with Crippen LogP contribution in [-0.2, 0) is 0 Å². The van der Waals surface area contributed by atoms with Crippen LogP contribution in [0.15, 0.2) is 24.3 Å². The molecule has 94 valence electrons. The van der Waals surface area contributed by atoms with Crippen molar-refractivity contribution in [2.24, 2.45) is 0 Å². The third-order valence-electron chi connectivity index (χ3n) is 1.86. The Bertz CT molecular complexity index is 229. The average molecular weight is 225 g/mol. The molecule has 2 N–H and O–H groups in total. The molecule has 0 aromatic heterocycles. The van der Waals surface area contributed by atoms with Crippen LogP contribution in [0, 0.1) is 0 Å². The summed E-state index contributed by atoms with van der Waals surface area (Å²) in [5.41, 5.74) is 2.28. The number of benzene rings is 1. The molecule has 0 spiro atoms. The van der Waals surface area contributed by atoms with Crippen LogP contribution in [0.5, 0.6) is 0 Å². The first kappa shape index (κ1) is 17.4. The number of hydrogen-bond acceptors (Lipinski definition) is 2. The maximum absolute atomic E-state index is 8.59. The van der Waals surface area contributed by atoms with Crippen molar-refractivity contribution in [3.63, 3.8) is 0 Å². The highest BCUT2D eigenvalue weighted by atomic mass is 16.3. The third kappa shape index (κ3) is 7.30. The van der Waals surface area contributed by atoms with Crippen LogP contribution >= 0.6 is 0 Å². The van der Waals surface area contributed by atoms with E-state index in [0.717, 1.165) is 5.69 Å². The molecule has 1 rings (SSSR count). The van der Waals surface area contributed by atoms with Gasteiger partial charge in [-0.3, -0.25) is 0 Å². The molecule has 0 fully saturated rings. The summed E-state index contributed by atoms with van der Waals surface area (Å²) in [6, 6.07) is 8.10. The molecule has 0 radical (unpaired) electrons. The van der Waals surface area contributed by atoms with Gasteiger partial charge in [-0.05, 0) is 23.6 Å². The smallest absolute Gasteiger partial charge is 0.113 e. The minimum absolute atomic E-state index is 0.0129. The summed E-state index contributed by atoms with van der Waals surface area (Å²) in [6.45, 7) is 12.3. The minimum atomic E-state index is -0.0129. The quantitative estimate of drug-likeness (QED) is 0.755. The Morgan fingerprint density at radius 1 is 1.00 bits per heavy atom. The molecular formula is C14H27NO. The normalized spacial score (nSPS) is 8.50. The average Bonchev–Trinajstić information content (AvgIpc) is 2.35. The number of aliphatic hydroxyl groups excluding tert-OH is 1. The SMILES string of the molecule is CC.CC.CC(C)c1ccc(NCO)cc1. The fraction of sp³-hybridized carbons (Fsp3) is 0.571. The van der Waals surface area contributed by atoms with E-state index in [-0.39, 0.29) is 6.73 Å². The van der Waals surface area contributed by atoms with Crippen LogP contribution < -0.4 is 5.32 Å². The lowest BCUT2D eigenvalue weighted by Crippen LogP contribution is -1.99. The van der Waals surface area contributed by atoms with Gasteiger partial charge in [-0.1, -0.05) is 53.7 Å². The van der Waals surface area contributed by atoms with Gasteiger partial charge >= 0.3 is 0 Å². The molecule has 1 aromatic carbocycles. The summed E-state index contributed by atoms with van der Waals surface area (Å²) < 4.78 is 0. The zero-order valence-electron chi connectivity index (χ0n) is 11.5. The lowest BCUT2D eigenvalue weighted by atomic mass is 10.0. The predicted molar refractivity (Wildman–Crippen MR) is 73.9 cm³/mol. The monoisotopic (exact) mass is 225 g/mol. The predicted octanol–water partition coefficient (Wildman–Crippen LogP) is 4.22. The number of nitrogens with one attached hydrogen (secondary N) is 1. The maximum atomic E-state index is 8.59. The van der Waals surface area contributed by atoms with Gasteiger partial charge in [0.25, 0.3) is 0 Å². The Kier molecular flexibility index (Phi) is 13.1. The number of anilines is 1. The van der Waals surface area contributed by atoms with Gasteiger partial charge in [0.15, 0.2) is 0 Å². The van der Waals surface area contributed by atoms with E-state index in [0.29, 0.717) is 5.92 Å². The first-order chi connectivity index (χ1) is 7.74. The summed E-state index contributed by atoms with van der Waals surface area (Å²) >= 11 is 0. The maximum Gasteiger partial charge on any atom is 0.113 e. The van der Waals surface area contributed by atoms with E-state index in [2.05, 4.69) is 31.3 Å². The van der Waals surface area contributed by atoms with Gasteiger partial charge in [0, 0.05) is 5.69 Å². The van der Waals surface area contributed by atoms with Gasteiger partial charge in [-0.15, -0.1) is 0 Å². The van der Waals surface area contributed by atoms with Crippen molar-refractivity contribution in [3.8, 4) is 0 Å². The number of rotatable bonds is 3. The van der Waals surface area contributed by atoms with E-state index in [9.17, 15) is 0 Å². The van der Waals surface area contributed by atoms with Gasteiger partial charge in [-0.2, -0.15) is 0 Å². The Hall–Kier alpha value is -1.02. The Morgan fingerprint density at radius 2 is 1.44 bits per heavy atom. The van der Waals surface area contributed by atoms with E-state index < -0.39 is 0 Å². The Morgan fingerprint density at radius 3 is 1.75 bits per heavy atom. The van der Waals surface area contributed by atoms with E-state index in [1.54, 1.807) is 0 Å². The van der Waals surface area contributed by atoms with Crippen molar-refractivity contribution in [3.05, 3.63) is 29.8 Å². The molecule has 0 aliphatic carbocycles. The molecule has 2 nitrogen and oxygen atoms in total. The second-order valence-corrected chi connectivity index (χ2v) is 3.11. The zero-order valence-corrected chi connectivity index (χ0v) is 11.5. The lowest BCUT2D eigenvalue weighted by molar-refractivity contribution is 0.325. The molecule has 0 bridgehead atoms. The lowest BCUT2D eigenvalue weighted by Gasteiger charge is -2.06. The Balaban J connectivity index is 0. The molecule has 0 aliphatic rings. The number of aliphatic hydroxyl groups is 1. The van der Waals surface area contributed by atoms with Gasteiger partial charge in [-0.25, -0.2) is 0 Å². The van der Waals surface area contributed by atoms with Crippen molar-refractivity contribution in [1.29, 1.82) is 0 Å². The third-order valence-corrected chi connectivity index (χ3v) is 1.86. The standard InChI is InChI=1S/C10H15NO.2C2H6/c1-8(2)9-3-5-10(6-4-9)11-7-12;2*1-2/h3-6,8,11-12H,7H2,1-2H3;2*1-2H3. The first-order valence-corrected chi connectivity index (χ1v) is 6.18. The van der Waals surface area contributed by atoms with E-state index in [1.165, 1.54) is 5.56 Å². The van der Waals surface area contributed by atoms with Crippen LogP contribution in [0.4, 0.5) is 5.69 Å². The molecule has 0 saturated carbocycles. The molecule has 16 heavy (non-hydrogen) atoms. The molecule has 0 amide bonds. The highest BCUT2D eigenvalue weighted by Gasteiger charge is 1.97.